The molecule has 1 atom stereocenters. The van der Waals surface area contributed by atoms with Crippen molar-refractivity contribution in [3.05, 3.63) is 18.3 Å². The van der Waals surface area contributed by atoms with Crippen molar-refractivity contribution in [3.63, 3.8) is 0 Å². The fourth-order valence-electron chi connectivity index (χ4n) is 2.00. The number of nitrogens with one attached hydrogen (secondary N) is 1. The van der Waals surface area contributed by atoms with Crippen LogP contribution in [0.1, 0.15) is 33.1 Å². The van der Waals surface area contributed by atoms with Crippen LogP contribution >= 0.6 is 0 Å². The number of hydrogen-bond donors (Lipinski definition) is 1. The molecule has 0 amide bonds. The fourth-order valence-corrected chi connectivity index (χ4v) is 2.00. The van der Waals surface area contributed by atoms with Gasteiger partial charge in [0.1, 0.15) is 0 Å². The van der Waals surface area contributed by atoms with Crippen LogP contribution in [-0.4, -0.2) is 17.6 Å². The molecule has 1 N–H and O–H groups in total. The number of nitrogens with zero attached hydrogens (tertiary/aromatic N) is 1. The Labute approximate surface area is 97.2 Å². The number of aromatic nitrogens is 1. The molecule has 1 aromatic heterocycles. The standard InChI is InChI=1S/C13H20N2O/c1-3-11(10-7-8-10)15-12-6-5-9-14-13(12)16-4-2/h5-6,9-11,15H,3-4,7-8H2,1-2H3. The molecular formula is C13H20N2O. The van der Waals surface area contributed by atoms with Gasteiger partial charge in [0.2, 0.25) is 5.88 Å². The van der Waals surface area contributed by atoms with Crippen LogP contribution in [0, 0.1) is 5.92 Å². The Morgan fingerprint density at radius 3 is 2.94 bits per heavy atom. The van der Waals surface area contributed by atoms with Gasteiger partial charge in [-0.15, -0.1) is 0 Å². The average Bonchev–Trinajstić information content (AvgIpc) is 3.12. The zero-order valence-electron chi connectivity index (χ0n) is 10.1. The monoisotopic (exact) mass is 220 g/mol. The maximum atomic E-state index is 5.51. The Balaban J connectivity index is 2.06. The first-order valence-electron chi connectivity index (χ1n) is 6.19. The van der Waals surface area contributed by atoms with Gasteiger partial charge in [-0.1, -0.05) is 6.92 Å². The van der Waals surface area contributed by atoms with E-state index in [9.17, 15) is 0 Å². The highest BCUT2D eigenvalue weighted by atomic mass is 16.5. The van der Waals surface area contributed by atoms with Gasteiger partial charge in [-0.25, -0.2) is 4.98 Å². The minimum absolute atomic E-state index is 0.573. The van der Waals surface area contributed by atoms with E-state index >= 15 is 0 Å². The average molecular weight is 220 g/mol. The zero-order chi connectivity index (χ0) is 11.4. The van der Waals surface area contributed by atoms with Crippen molar-refractivity contribution in [3.8, 4) is 5.88 Å². The Morgan fingerprint density at radius 1 is 1.50 bits per heavy atom. The second-order valence-corrected chi connectivity index (χ2v) is 4.29. The second-order valence-electron chi connectivity index (χ2n) is 4.29. The molecule has 0 aliphatic heterocycles. The van der Waals surface area contributed by atoms with E-state index in [0.29, 0.717) is 12.6 Å². The number of rotatable bonds is 6. The molecule has 0 bridgehead atoms. The van der Waals surface area contributed by atoms with Crippen LogP contribution in [0.2, 0.25) is 0 Å². The molecule has 1 heterocycles. The molecule has 0 spiro atoms. The van der Waals surface area contributed by atoms with Gasteiger partial charge >= 0.3 is 0 Å². The number of ether oxygens (including phenoxy) is 1. The quantitative estimate of drug-likeness (QED) is 0.800. The van der Waals surface area contributed by atoms with Gasteiger partial charge in [-0.2, -0.15) is 0 Å². The smallest absolute Gasteiger partial charge is 0.237 e. The van der Waals surface area contributed by atoms with Crippen LogP contribution in [-0.2, 0) is 0 Å². The summed E-state index contributed by atoms with van der Waals surface area (Å²) < 4.78 is 5.51. The summed E-state index contributed by atoms with van der Waals surface area (Å²) in [6.45, 7) is 4.87. The summed E-state index contributed by atoms with van der Waals surface area (Å²) in [6, 6.07) is 4.57. The Morgan fingerprint density at radius 2 is 2.31 bits per heavy atom. The largest absolute Gasteiger partial charge is 0.476 e. The molecule has 1 fully saturated rings. The maximum absolute atomic E-state index is 5.51. The van der Waals surface area contributed by atoms with Crippen molar-refractivity contribution in [2.75, 3.05) is 11.9 Å². The van der Waals surface area contributed by atoms with E-state index in [4.69, 9.17) is 4.74 Å². The molecule has 2 rings (SSSR count). The molecule has 16 heavy (non-hydrogen) atoms. The highest BCUT2D eigenvalue weighted by Crippen LogP contribution is 2.36. The van der Waals surface area contributed by atoms with Crippen LogP contribution in [0.3, 0.4) is 0 Å². The van der Waals surface area contributed by atoms with Gasteiger partial charge < -0.3 is 10.1 Å². The van der Waals surface area contributed by atoms with Crippen molar-refractivity contribution in [1.82, 2.24) is 4.98 Å². The summed E-state index contributed by atoms with van der Waals surface area (Å²) in [4.78, 5) is 4.25. The number of hydrogen-bond acceptors (Lipinski definition) is 3. The molecule has 1 saturated carbocycles. The predicted octanol–water partition coefficient (Wildman–Crippen LogP) is 3.08. The van der Waals surface area contributed by atoms with Crippen LogP contribution in [0.25, 0.3) is 0 Å². The topological polar surface area (TPSA) is 34.1 Å². The van der Waals surface area contributed by atoms with Crippen molar-refractivity contribution in [2.24, 2.45) is 5.92 Å². The minimum atomic E-state index is 0.573. The fraction of sp³-hybridized carbons (Fsp3) is 0.615. The molecule has 0 aromatic carbocycles. The van der Waals surface area contributed by atoms with E-state index in [0.717, 1.165) is 23.9 Å². The van der Waals surface area contributed by atoms with E-state index < -0.39 is 0 Å². The predicted molar refractivity (Wildman–Crippen MR) is 65.8 cm³/mol. The van der Waals surface area contributed by atoms with Gasteiger partial charge in [-0.05, 0) is 44.2 Å². The van der Waals surface area contributed by atoms with E-state index in [1.165, 1.54) is 12.8 Å². The third kappa shape index (κ3) is 2.65. The number of pyridine rings is 1. The minimum Gasteiger partial charge on any atom is -0.476 e. The highest BCUT2D eigenvalue weighted by Gasteiger charge is 2.30. The van der Waals surface area contributed by atoms with Gasteiger partial charge in [-0.3, -0.25) is 0 Å². The molecule has 0 saturated heterocycles. The molecule has 3 nitrogen and oxygen atoms in total. The SMILES string of the molecule is CCOc1ncccc1NC(CC)C1CC1. The van der Waals surface area contributed by atoms with Crippen molar-refractivity contribution >= 4 is 5.69 Å². The summed E-state index contributed by atoms with van der Waals surface area (Å²) >= 11 is 0. The molecule has 1 aliphatic rings. The first kappa shape index (κ1) is 11.2. The van der Waals surface area contributed by atoms with E-state index in [1.807, 2.05) is 19.1 Å². The summed E-state index contributed by atoms with van der Waals surface area (Å²) in [7, 11) is 0. The third-order valence-corrected chi connectivity index (χ3v) is 3.02. The highest BCUT2D eigenvalue weighted by molar-refractivity contribution is 5.52. The van der Waals surface area contributed by atoms with Crippen molar-refractivity contribution in [1.29, 1.82) is 0 Å². The molecule has 0 radical (unpaired) electrons. The lowest BCUT2D eigenvalue weighted by atomic mass is 10.1. The van der Waals surface area contributed by atoms with Gasteiger partial charge in [0, 0.05) is 12.2 Å². The van der Waals surface area contributed by atoms with Gasteiger partial charge in [0.15, 0.2) is 0 Å². The van der Waals surface area contributed by atoms with E-state index in [2.05, 4.69) is 17.2 Å². The molecular weight excluding hydrogens is 200 g/mol. The lowest BCUT2D eigenvalue weighted by molar-refractivity contribution is 0.328. The Hall–Kier alpha value is -1.25. The molecule has 1 aromatic rings. The van der Waals surface area contributed by atoms with Crippen LogP contribution < -0.4 is 10.1 Å². The normalized spacial score (nSPS) is 16.9. The summed E-state index contributed by atoms with van der Waals surface area (Å²) in [5, 5.41) is 3.56. The van der Waals surface area contributed by atoms with Gasteiger partial charge in [0.05, 0.1) is 12.3 Å². The number of anilines is 1. The van der Waals surface area contributed by atoms with Crippen LogP contribution in [0.5, 0.6) is 5.88 Å². The van der Waals surface area contributed by atoms with Crippen molar-refractivity contribution in [2.45, 2.75) is 39.2 Å². The lowest BCUT2D eigenvalue weighted by Crippen LogP contribution is -2.21. The Kier molecular flexibility index (Phi) is 3.65. The summed E-state index contributed by atoms with van der Waals surface area (Å²) in [5.41, 5.74) is 1.03. The summed E-state index contributed by atoms with van der Waals surface area (Å²) in [6.07, 6.45) is 5.64. The van der Waals surface area contributed by atoms with Crippen LogP contribution in [0.15, 0.2) is 18.3 Å². The summed E-state index contributed by atoms with van der Waals surface area (Å²) in [5.74, 6) is 1.57. The molecule has 88 valence electrons. The molecule has 1 aliphatic carbocycles. The van der Waals surface area contributed by atoms with Crippen molar-refractivity contribution < 1.29 is 4.74 Å². The van der Waals surface area contributed by atoms with Crippen LogP contribution in [0.4, 0.5) is 5.69 Å². The maximum Gasteiger partial charge on any atom is 0.237 e. The zero-order valence-corrected chi connectivity index (χ0v) is 10.1. The van der Waals surface area contributed by atoms with E-state index in [-0.39, 0.29) is 0 Å². The first-order chi connectivity index (χ1) is 7.85. The first-order valence-corrected chi connectivity index (χ1v) is 6.19. The van der Waals surface area contributed by atoms with Gasteiger partial charge in [0.25, 0.3) is 0 Å². The van der Waals surface area contributed by atoms with E-state index in [1.54, 1.807) is 6.20 Å². The lowest BCUT2D eigenvalue weighted by Gasteiger charge is -2.19. The Bertz CT molecular complexity index is 336. The molecule has 1 unspecified atom stereocenters. The molecule has 3 heteroatoms. The third-order valence-electron chi connectivity index (χ3n) is 3.02. The second kappa shape index (κ2) is 5.19.